The second-order valence-corrected chi connectivity index (χ2v) is 9.42. The van der Waals surface area contributed by atoms with Gasteiger partial charge in [0.25, 0.3) is 0 Å². The fraction of sp³-hybridized carbons (Fsp3) is 0.300. The number of fused-ring (bicyclic) bond motifs is 1. The molecule has 0 radical (unpaired) electrons. The maximum atomic E-state index is 12.5. The zero-order valence-electron chi connectivity index (χ0n) is 22.6. The Morgan fingerprint density at radius 2 is 1.79 bits per heavy atom. The number of nitrogens with zero attached hydrogens (tertiary/aromatic N) is 5. The molecule has 1 amide bonds. The third kappa shape index (κ3) is 5.87. The third-order valence-electron chi connectivity index (χ3n) is 6.72. The second kappa shape index (κ2) is 11.6. The van der Waals surface area contributed by atoms with Crippen LogP contribution in [0.15, 0.2) is 48.7 Å². The number of morpholine rings is 1. The smallest absolute Gasteiger partial charge is 0.242 e. The number of amides is 1. The fourth-order valence-electron chi connectivity index (χ4n) is 4.47. The number of pyridine rings is 2. The second-order valence-electron chi connectivity index (χ2n) is 9.42. The first-order valence-electron chi connectivity index (χ1n) is 13.0. The van der Waals surface area contributed by atoms with Gasteiger partial charge < -0.3 is 20.3 Å². The number of benzene rings is 1. The average Bonchev–Trinajstić information content (AvgIpc) is 2.96. The summed E-state index contributed by atoms with van der Waals surface area (Å²) in [7, 11) is 1.74. The van der Waals surface area contributed by atoms with Gasteiger partial charge in [-0.05, 0) is 70.1 Å². The van der Waals surface area contributed by atoms with Gasteiger partial charge in [-0.2, -0.15) is 0 Å². The lowest BCUT2D eigenvalue weighted by atomic mass is 10.0. The fourth-order valence-corrected chi connectivity index (χ4v) is 4.47. The zero-order chi connectivity index (χ0) is 27.4. The third-order valence-corrected chi connectivity index (χ3v) is 6.72. The molecule has 0 saturated carbocycles. The molecule has 1 fully saturated rings. The molecule has 1 aromatic carbocycles. The van der Waals surface area contributed by atoms with E-state index in [2.05, 4.69) is 32.4 Å². The van der Waals surface area contributed by atoms with Crippen LogP contribution in [-0.4, -0.2) is 65.2 Å². The van der Waals surface area contributed by atoms with E-state index in [4.69, 9.17) is 19.7 Å². The van der Waals surface area contributed by atoms with Gasteiger partial charge in [0.05, 0.1) is 36.2 Å². The number of aryl methyl sites for hydroxylation is 2. The topological polar surface area (TPSA) is 105 Å². The number of hydrogen-bond donors (Lipinski definition) is 2. The summed E-state index contributed by atoms with van der Waals surface area (Å²) < 4.78 is 5.48. The molecule has 39 heavy (non-hydrogen) atoms. The van der Waals surface area contributed by atoms with Gasteiger partial charge in [-0.25, -0.2) is 15.0 Å². The lowest BCUT2D eigenvalue weighted by Gasteiger charge is -2.27. The highest BCUT2D eigenvalue weighted by Crippen LogP contribution is 2.30. The number of likely N-dealkylation sites (N-methyl/N-ethyl adjacent to an activating group) is 1. The Balaban J connectivity index is 1.57. The van der Waals surface area contributed by atoms with Crippen LogP contribution in [0.5, 0.6) is 0 Å². The SMILES string of the molecule is CNC(C)C(=O)Nc1ccc(-c2c(C)nc(N3CCOCC3)nc2C)c(C#Cc2ccc3ncccc3c2)n1. The molecular weight excluding hydrogens is 490 g/mol. The van der Waals surface area contributed by atoms with Crippen molar-refractivity contribution in [3.8, 4) is 23.0 Å². The van der Waals surface area contributed by atoms with Gasteiger partial charge in [-0.1, -0.05) is 12.0 Å². The quantitative estimate of drug-likeness (QED) is 0.385. The van der Waals surface area contributed by atoms with Crippen LogP contribution in [0.4, 0.5) is 11.8 Å². The highest BCUT2D eigenvalue weighted by Gasteiger charge is 2.20. The molecule has 1 aliphatic rings. The van der Waals surface area contributed by atoms with Crippen molar-refractivity contribution in [3.05, 3.63) is 71.3 Å². The number of ether oxygens (including phenoxy) is 1. The minimum absolute atomic E-state index is 0.177. The Morgan fingerprint density at radius 1 is 1.03 bits per heavy atom. The first kappa shape index (κ1) is 26.2. The lowest BCUT2D eigenvalue weighted by Crippen LogP contribution is -2.37. The van der Waals surface area contributed by atoms with Crippen LogP contribution in [0.3, 0.4) is 0 Å². The average molecular weight is 522 g/mol. The molecule has 1 saturated heterocycles. The van der Waals surface area contributed by atoms with Gasteiger partial charge in [-0.15, -0.1) is 0 Å². The van der Waals surface area contributed by atoms with Gasteiger partial charge in [0.1, 0.15) is 11.5 Å². The van der Waals surface area contributed by atoms with Crippen LogP contribution >= 0.6 is 0 Å². The largest absolute Gasteiger partial charge is 0.378 e. The summed E-state index contributed by atoms with van der Waals surface area (Å²) in [6.45, 7) is 8.60. The van der Waals surface area contributed by atoms with Crippen LogP contribution in [0, 0.1) is 25.7 Å². The molecule has 2 N–H and O–H groups in total. The number of carbonyl (C=O) groups excluding carboxylic acids is 1. The van der Waals surface area contributed by atoms with Crippen LogP contribution < -0.4 is 15.5 Å². The van der Waals surface area contributed by atoms with Crippen molar-refractivity contribution >= 4 is 28.6 Å². The van der Waals surface area contributed by atoms with Crippen molar-refractivity contribution in [2.24, 2.45) is 0 Å². The predicted octanol–water partition coefficient (Wildman–Crippen LogP) is 3.49. The van der Waals surface area contributed by atoms with Crippen molar-refractivity contribution in [2.45, 2.75) is 26.8 Å². The van der Waals surface area contributed by atoms with Crippen molar-refractivity contribution in [1.29, 1.82) is 0 Å². The molecule has 0 aliphatic carbocycles. The van der Waals surface area contributed by atoms with Gasteiger partial charge in [0.2, 0.25) is 11.9 Å². The molecular formula is C30H31N7O2. The number of anilines is 2. The van der Waals surface area contributed by atoms with Crippen LogP contribution in [0.25, 0.3) is 22.0 Å². The summed E-state index contributed by atoms with van der Waals surface area (Å²) in [6.07, 6.45) is 1.77. The van der Waals surface area contributed by atoms with Crippen LogP contribution in [-0.2, 0) is 9.53 Å². The monoisotopic (exact) mass is 521 g/mol. The molecule has 4 heterocycles. The predicted molar refractivity (Wildman–Crippen MR) is 153 cm³/mol. The Kier molecular flexibility index (Phi) is 7.77. The molecule has 9 heteroatoms. The van der Waals surface area contributed by atoms with Crippen LogP contribution in [0.1, 0.15) is 29.6 Å². The Hall–Kier alpha value is -4.39. The van der Waals surface area contributed by atoms with E-state index in [-0.39, 0.29) is 11.9 Å². The zero-order valence-corrected chi connectivity index (χ0v) is 22.6. The lowest BCUT2D eigenvalue weighted by molar-refractivity contribution is -0.117. The summed E-state index contributed by atoms with van der Waals surface area (Å²) in [6, 6.07) is 13.2. The minimum Gasteiger partial charge on any atom is -0.378 e. The number of nitrogens with one attached hydrogen (secondary N) is 2. The minimum atomic E-state index is -0.363. The first-order chi connectivity index (χ1) is 18.9. The summed E-state index contributed by atoms with van der Waals surface area (Å²) in [5, 5.41) is 6.83. The highest BCUT2D eigenvalue weighted by atomic mass is 16.5. The maximum absolute atomic E-state index is 12.5. The maximum Gasteiger partial charge on any atom is 0.242 e. The summed E-state index contributed by atoms with van der Waals surface area (Å²) in [4.78, 5) is 33.5. The number of carbonyl (C=O) groups is 1. The molecule has 1 atom stereocenters. The van der Waals surface area contributed by atoms with Crippen molar-refractivity contribution in [2.75, 3.05) is 43.6 Å². The van der Waals surface area contributed by atoms with Gasteiger partial charge >= 0.3 is 0 Å². The first-order valence-corrected chi connectivity index (χ1v) is 13.0. The number of hydrogen-bond acceptors (Lipinski definition) is 8. The number of aromatic nitrogens is 4. The van der Waals surface area contributed by atoms with E-state index in [0.29, 0.717) is 30.7 Å². The Labute approximate surface area is 228 Å². The molecule has 3 aromatic heterocycles. The van der Waals surface area contributed by atoms with E-state index >= 15 is 0 Å². The highest BCUT2D eigenvalue weighted by molar-refractivity contribution is 5.94. The molecule has 9 nitrogen and oxygen atoms in total. The Bertz CT molecular complexity index is 1560. The summed E-state index contributed by atoms with van der Waals surface area (Å²) in [5.74, 6) is 7.46. The van der Waals surface area contributed by atoms with E-state index in [0.717, 1.165) is 52.1 Å². The molecule has 198 valence electrons. The van der Waals surface area contributed by atoms with Gasteiger partial charge in [0.15, 0.2) is 0 Å². The summed E-state index contributed by atoms with van der Waals surface area (Å²) in [5.41, 5.74) is 5.66. The molecule has 0 spiro atoms. The van der Waals surface area contributed by atoms with Crippen molar-refractivity contribution in [1.82, 2.24) is 25.3 Å². The van der Waals surface area contributed by atoms with Gasteiger partial charge in [-0.3, -0.25) is 9.78 Å². The van der Waals surface area contributed by atoms with Crippen LogP contribution in [0.2, 0.25) is 0 Å². The molecule has 4 aromatic rings. The normalized spacial score (nSPS) is 14.0. The number of rotatable bonds is 5. The van der Waals surface area contributed by atoms with Gasteiger partial charge in [0, 0.05) is 41.4 Å². The molecule has 5 rings (SSSR count). The molecule has 1 unspecified atom stereocenters. The van der Waals surface area contributed by atoms with E-state index in [1.54, 1.807) is 26.2 Å². The Morgan fingerprint density at radius 3 is 2.54 bits per heavy atom. The van der Waals surface area contributed by atoms with E-state index in [1.165, 1.54) is 0 Å². The van der Waals surface area contributed by atoms with Crippen molar-refractivity contribution < 1.29 is 9.53 Å². The molecule has 1 aliphatic heterocycles. The van der Waals surface area contributed by atoms with Crippen molar-refractivity contribution in [3.63, 3.8) is 0 Å². The van der Waals surface area contributed by atoms with E-state index < -0.39 is 0 Å². The standard InChI is InChI=1S/C30H31N7O2/c1-19-28(20(2)34-30(33-19)37-14-16-39-17-15-37)24-9-12-27(36-29(38)21(3)31-4)35-26(24)11-8-22-7-10-25-23(18-22)6-5-13-32-25/h5-7,9-10,12-13,18,21,31H,14-17H2,1-4H3,(H,35,36,38). The van der Waals surface area contributed by atoms with E-state index in [9.17, 15) is 4.79 Å². The summed E-state index contributed by atoms with van der Waals surface area (Å²) >= 11 is 0. The van der Waals surface area contributed by atoms with E-state index in [1.807, 2.05) is 50.2 Å². The molecule has 0 bridgehead atoms.